The Morgan fingerprint density at radius 2 is 2.25 bits per heavy atom. The van der Waals surface area contributed by atoms with Gasteiger partial charge in [0.2, 0.25) is 5.91 Å². The number of nitrogens with one attached hydrogen (secondary N) is 2. The van der Waals surface area contributed by atoms with Crippen molar-refractivity contribution < 1.29 is 9.53 Å². The largest absolute Gasteiger partial charge is 0.497 e. The van der Waals surface area contributed by atoms with Crippen LogP contribution in [0, 0.1) is 0 Å². The van der Waals surface area contributed by atoms with E-state index in [1.54, 1.807) is 7.11 Å². The van der Waals surface area contributed by atoms with Crippen LogP contribution in [0.2, 0.25) is 0 Å². The Balaban J connectivity index is 1.78. The van der Waals surface area contributed by atoms with Crippen molar-refractivity contribution in [3.05, 3.63) is 29.8 Å². The second-order valence-corrected chi connectivity index (χ2v) is 5.81. The summed E-state index contributed by atoms with van der Waals surface area (Å²) >= 11 is 0. The first-order valence-corrected chi connectivity index (χ1v) is 8.66. The maximum absolute atomic E-state index is 11.6. The lowest BCUT2D eigenvalue weighted by molar-refractivity contribution is -0.127. The second-order valence-electron chi connectivity index (χ2n) is 5.81. The molecule has 0 radical (unpaired) electrons. The van der Waals surface area contributed by atoms with Crippen LogP contribution in [0.5, 0.6) is 5.75 Å². The van der Waals surface area contributed by atoms with Gasteiger partial charge in [0, 0.05) is 32.6 Å². The number of benzene rings is 1. The van der Waals surface area contributed by atoms with E-state index in [-0.39, 0.29) is 5.91 Å². The first kappa shape index (κ1) is 18.1. The fourth-order valence-corrected chi connectivity index (χ4v) is 2.70. The number of likely N-dealkylation sites (tertiary alicyclic amines) is 1. The van der Waals surface area contributed by atoms with Gasteiger partial charge in [0.05, 0.1) is 13.7 Å². The van der Waals surface area contributed by atoms with E-state index in [9.17, 15) is 4.79 Å². The highest BCUT2D eigenvalue weighted by Gasteiger charge is 2.18. The molecule has 1 heterocycles. The molecule has 1 aromatic rings. The Morgan fingerprint density at radius 3 is 2.96 bits per heavy atom. The van der Waals surface area contributed by atoms with Gasteiger partial charge < -0.3 is 20.3 Å². The van der Waals surface area contributed by atoms with Crippen LogP contribution in [-0.4, -0.2) is 50.1 Å². The van der Waals surface area contributed by atoms with Gasteiger partial charge in [-0.2, -0.15) is 0 Å². The van der Waals surface area contributed by atoms with Crippen LogP contribution in [0.1, 0.15) is 31.7 Å². The smallest absolute Gasteiger partial charge is 0.222 e. The van der Waals surface area contributed by atoms with Crippen molar-refractivity contribution in [1.82, 2.24) is 15.5 Å². The molecule has 132 valence electrons. The Kier molecular flexibility index (Phi) is 7.39. The molecule has 1 fully saturated rings. The van der Waals surface area contributed by atoms with Crippen molar-refractivity contribution in [2.24, 2.45) is 4.99 Å². The zero-order valence-corrected chi connectivity index (χ0v) is 14.7. The average Bonchev–Trinajstić information content (AvgIpc) is 3.01. The predicted octanol–water partition coefficient (Wildman–Crippen LogP) is 1.76. The first-order chi connectivity index (χ1) is 11.7. The highest BCUT2D eigenvalue weighted by molar-refractivity contribution is 5.79. The maximum Gasteiger partial charge on any atom is 0.222 e. The van der Waals surface area contributed by atoms with Crippen LogP contribution in [0.25, 0.3) is 0 Å². The third-order valence-electron chi connectivity index (χ3n) is 3.97. The number of amides is 1. The van der Waals surface area contributed by atoms with Gasteiger partial charge in [-0.05, 0) is 37.5 Å². The van der Waals surface area contributed by atoms with Gasteiger partial charge in [-0.15, -0.1) is 0 Å². The molecule has 0 unspecified atom stereocenters. The molecule has 0 spiro atoms. The molecule has 0 bridgehead atoms. The number of carbonyl (C=O) groups excluding carboxylic acids is 1. The summed E-state index contributed by atoms with van der Waals surface area (Å²) in [5.41, 5.74) is 1.11. The molecule has 0 aliphatic carbocycles. The SMILES string of the molecule is CCNC(=NCc1cccc(OC)c1)NCCCN1CCCC1=O. The Hall–Kier alpha value is -2.24. The summed E-state index contributed by atoms with van der Waals surface area (Å²) in [5, 5.41) is 6.57. The van der Waals surface area contributed by atoms with Gasteiger partial charge in [-0.25, -0.2) is 4.99 Å². The van der Waals surface area contributed by atoms with E-state index >= 15 is 0 Å². The fourth-order valence-electron chi connectivity index (χ4n) is 2.70. The minimum Gasteiger partial charge on any atom is -0.497 e. The predicted molar refractivity (Wildman–Crippen MR) is 96.2 cm³/mol. The normalized spacial score (nSPS) is 14.8. The van der Waals surface area contributed by atoms with Crippen LogP contribution < -0.4 is 15.4 Å². The fraction of sp³-hybridized carbons (Fsp3) is 0.556. The monoisotopic (exact) mass is 332 g/mol. The summed E-state index contributed by atoms with van der Waals surface area (Å²) in [6, 6.07) is 7.92. The molecule has 1 amide bonds. The number of methoxy groups -OCH3 is 1. The van der Waals surface area contributed by atoms with Crippen LogP contribution in [0.3, 0.4) is 0 Å². The van der Waals surface area contributed by atoms with Crippen LogP contribution in [0.15, 0.2) is 29.3 Å². The second kappa shape index (κ2) is 9.80. The number of ether oxygens (including phenoxy) is 1. The molecule has 0 atom stereocenters. The van der Waals surface area contributed by atoms with Crippen LogP contribution in [-0.2, 0) is 11.3 Å². The van der Waals surface area contributed by atoms with E-state index in [4.69, 9.17) is 4.74 Å². The molecule has 1 aliphatic rings. The minimum absolute atomic E-state index is 0.286. The minimum atomic E-state index is 0.286. The zero-order valence-electron chi connectivity index (χ0n) is 14.7. The van der Waals surface area contributed by atoms with Gasteiger partial charge in [-0.3, -0.25) is 4.79 Å². The lowest BCUT2D eigenvalue weighted by Gasteiger charge is -2.16. The van der Waals surface area contributed by atoms with E-state index in [0.717, 1.165) is 56.3 Å². The molecule has 1 aliphatic heterocycles. The van der Waals surface area contributed by atoms with E-state index < -0.39 is 0 Å². The van der Waals surface area contributed by atoms with Crippen molar-refractivity contribution in [1.29, 1.82) is 0 Å². The average molecular weight is 332 g/mol. The quantitative estimate of drug-likeness (QED) is 0.432. The van der Waals surface area contributed by atoms with Crippen LogP contribution >= 0.6 is 0 Å². The van der Waals surface area contributed by atoms with Gasteiger partial charge in [0.25, 0.3) is 0 Å². The lowest BCUT2D eigenvalue weighted by atomic mass is 10.2. The van der Waals surface area contributed by atoms with E-state index in [1.165, 1.54) is 0 Å². The molecule has 1 aromatic carbocycles. The molecule has 1 saturated heterocycles. The summed E-state index contributed by atoms with van der Waals surface area (Å²) in [6.07, 6.45) is 2.63. The molecule has 6 nitrogen and oxygen atoms in total. The topological polar surface area (TPSA) is 66.0 Å². The van der Waals surface area contributed by atoms with E-state index in [0.29, 0.717) is 13.0 Å². The number of rotatable bonds is 8. The van der Waals surface area contributed by atoms with E-state index in [2.05, 4.69) is 15.6 Å². The third kappa shape index (κ3) is 5.76. The van der Waals surface area contributed by atoms with E-state index in [1.807, 2.05) is 36.1 Å². The molecular weight excluding hydrogens is 304 g/mol. The van der Waals surface area contributed by atoms with Crippen molar-refractivity contribution in [3.8, 4) is 5.75 Å². The zero-order chi connectivity index (χ0) is 17.2. The Bertz CT molecular complexity index is 560. The van der Waals surface area contributed by atoms with Crippen molar-refractivity contribution in [2.75, 3.05) is 33.3 Å². The highest BCUT2D eigenvalue weighted by atomic mass is 16.5. The number of hydrogen-bond donors (Lipinski definition) is 2. The standard InChI is InChI=1S/C18H28N4O2/c1-3-19-18(20-10-6-12-22-11-5-9-17(22)23)21-14-15-7-4-8-16(13-15)24-2/h4,7-8,13H,3,5-6,9-12,14H2,1-2H3,(H2,19,20,21). The Morgan fingerprint density at radius 1 is 1.38 bits per heavy atom. The number of nitrogens with zero attached hydrogens (tertiary/aromatic N) is 2. The van der Waals surface area contributed by atoms with Crippen molar-refractivity contribution in [2.45, 2.75) is 32.7 Å². The van der Waals surface area contributed by atoms with Gasteiger partial charge >= 0.3 is 0 Å². The summed E-state index contributed by atoms with van der Waals surface area (Å²) < 4.78 is 5.23. The number of guanidine groups is 1. The number of hydrogen-bond acceptors (Lipinski definition) is 3. The molecule has 6 heteroatoms. The number of aliphatic imine (C=N–C) groups is 1. The van der Waals surface area contributed by atoms with Gasteiger partial charge in [0.15, 0.2) is 5.96 Å². The molecule has 24 heavy (non-hydrogen) atoms. The molecule has 0 aromatic heterocycles. The summed E-state index contributed by atoms with van der Waals surface area (Å²) in [5.74, 6) is 1.93. The van der Waals surface area contributed by atoms with Crippen molar-refractivity contribution >= 4 is 11.9 Å². The third-order valence-corrected chi connectivity index (χ3v) is 3.97. The molecule has 2 N–H and O–H groups in total. The van der Waals surface area contributed by atoms with Crippen molar-refractivity contribution in [3.63, 3.8) is 0 Å². The first-order valence-electron chi connectivity index (χ1n) is 8.66. The number of carbonyl (C=O) groups is 1. The lowest BCUT2D eigenvalue weighted by Crippen LogP contribution is -2.39. The van der Waals surface area contributed by atoms with Crippen LogP contribution in [0.4, 0.5) is 0 Å². The molecule has 0 saturated carbocycles. The van der Waals surface area contributed by atoms with Gasteiger partial charge in [0.1, 0.15) is 5.75 Å². The summed E-state index contributed by atoms with van der Waals surface area (Å²) in [4.78, 5) is 18.1. The Labute approximate surface area is 144 Å². The maximum atomic E-state index is 11.6. The molecule has 2 rings (SSSR count). The molecular formula is C18H28N4O2. The summed E-state index contributed by atoms with van der Waals surface area (Å²) in [6.45, 7) is 5.98. The van der Waals surface area contributed by atoms with Gasteiger partial charge in [-0.1, -0.05) is 12.1 Å². The summed E-state index contributed by atoms with van der Waals surface area (Å²) in [7, 11) is 1.67. The highest BCUT2D eigenvalue weighted by Crippen LogP contribution is 2.13.